The van der Waals surface area contributed by atoms with Crippen LogP contribution in [0.3, 0.4) is 0 Å². The number of hydrogen-bond donors (Lipinski definition) is 1. The number of nitrogens with zero attached hydrogens (tertiary/aromatic N) is 3. The molecular formula is C12H14N4O2. The van der Waals surface area contributed by atoms with Gasteiger partial charge in [-0.1, -0.05) is 0 Å². The van der Waals surface area contributed by atoms with Crippen LogP contribution in [-0.4, -0.2) is 27.3 Å². The number of hydrogen-bond acceptors (Lipinski definition) is 5. The summed E-state index contributed by atoms with van der Waals surface area (Å²) in [4.78, 5) is 15.5. The minimum absolute atomic E-state index is 0.259. The van der Waals surface area contributed by atoms with Gasteiger partial charge in [-0.2, -0.15) is 5.10 Å². The fraction of sp³-hybridized carbons (Fsp3) is 0.250. The van der Waals surface area contributed by atoms with Crippen LogP contribution in [0.4, 0.5) is 5.69 Å². The molecule has 0 aliphatic heterocycles. The predicted octanol–water partition coefficient (Wildman–Crippen LogP) is 0.797. The Morgan fingerprint density at radius 3 is 2.89 bits per heavy atom. The van der Waals surface area contributed by atoms with E-state index in [-0.39, 0.29) is 5.69 Å². The first-order valence-electron chi connectivity index (χ1n) is 5.52. The number of aryl methyl sites for hydroxylation is 1. The average molecular weight is 246 g/mol. The zero-order valence-electron chi connectivity index (χ0n) is 10.0. The summed E-state index contributed by atoms with van der Waals surface area (Å²) in [5.74, 6) is -0.447. The average Bonchev–Trinajstić information content (AvgIpc) is 2.76. The quantitative estimate of drug-likeness (QED) is 0.807. The number of esters is 1. The number of nitrogen functional groups attached to an aromatic ring is 1. The normalized spacial score (nSPS) is 10.3. The molecule has 0 saturated heterocycles. The number of rotatable bonds is 4. The number of ether oxygens (including phenoxy) is 1. The molecule has 0 radical (unpaired) electrons. The molecule has 2 aromatic rings. The van der Waals surface area contributed by atoms with Crippen molar-refractivity contribution in [2.75, 3.05) is 12.3 Å². The third kappa shape index (κ3) is 2.85. The molecule has 0 saturated carbocycles. The standard InChI is InChI=1S/C12H14N4O2/c1-16-10(4-6-15-16)5-7-18-12(17)11-3-2-9(13)8-14-11/h2-4,6,8H,5,7,13H2,1H3. The maximum absolute atomic E-state index is 11.6. The Bertz CT molecular complexity index is 533. The van der Waals surface area contributed by atoms with Gasteiger partial charge in [0.1, 0.15) is 5.69 Å². The lowest BCUT2D eigenvalue weighted by Gasteiger charge is -2.04. The van der Waals surface area contributed by atoms with E-state index < -0.39 is 5.97 Å². The SMILES string of the molecule is Cn1nccc1CCOC(=O)c1ccc(N)cn1. The van der Waals surface area contributed by atoms with Crippen molar-refractivity contribution in [3.8, 4) is 0 Å². The van der Waals surface area contributed by atoms with E-state index in [0.29, 0.717) is 18.7 Å². The highest BCUT2D eigenvalue weighted by Crippen LogP contribution is 2.04. The van der Waals surface area contributed by atoms with Crippen molar-refractivity contribution in [2.24, 2.45) is 7.05 Å². The van der Waals surface area contributed by atoms with Crippen LogP contribution in [0.1, 0.15) is 16.2 Å². The van der Waals surface area contributed by atoms with E-state index in [1.807, 2.05) is 13.1 Å². The van der Waals surface area contributed by atoms with Crippen molar-refractivity contribution in [3.63, 3.8) is 0 Å². The van der Waals surface area contributed by atoms with Gasteiger partial charge >= 0.3 is 5.97 Å². The summed E-state index contributed by atoms with van der Waals surface area (Å²) >= 11 is 0. The summed E-state index contributed by atoms with van der Waals surface area (Å²) < 4.78 is 6.86. The van der Waals surface area contributed by atoms with Crippen molar-refractivity contribution in [2.45, 2.75) is 6.42 Å². The van der Waals surface area contributed by atoms with Crippen molar-refractivity contribution in [1.29, 1.82) is 0 Å². The van der Waals surface area contributed by atoms with Gasteiger partial charge in [0, 0.05) is 25.4 Å². The molecule has 0 aliphatic rings. The lowest BCUT2D eigenvalue weighted by Crippen LogP contribution is -2.11. The van der Waals surface area contributed by atoms with Gasteiger partial charge in [0.2, 0.25) is 0 Å². The van der Waals surface area contributed by atoms with Crippen LogP contribution in [0.25, 0.3) is 0 Å². The van der Waals surface area contributed by atoms with Gasteiger partial charge in [0.25, 0.3) is 0 Å². The first-order chi connectivity index (χ1) is 8.66. The van der Waals surface area contributed by atoms with E-state index >= 15 is 0 Å². The van der Waals surface area contributed by atoms with Gasteiger partial charge in [0.15, 0.2) is 0 Å². The topological polar surface area (TPSA) is 83.0 Å². The highest BCUT2D eigenvalue weighted by Gasteiger charge is 2.08. The second kappa shape index (κ2) is 5.31. The summed E-state index contributed by atoms with van der Waals surface area (Å²) in [5, 5.41) is 4.03. The Hall–Kier alpha value is -2.37. The monoisotopic (exact) mass is 246 g/mol. The van der Waals surface area contributed by atoms with Crippen LogP contribution in [-0.2, 0) is 18.2 Å². The Kier molecular flexibility index (Phi) is 3.57. The molecule has 0 unspecified atom stereocenters. The van der Waals surface area contributed by atoms with E-state index in [9.17, 15) is 4.79 Å². The second-order valence-electron chi connectivity index (χ2n) is 3.81. The van der Waals surface area contributed by atoms with Crippen LogP contribution in [0.2, 0.25) is 0 Å². The summed E-state index contributed by atoms with van der Waals surface area (Å²) in [5.41, 5.74) is 7.26. The largest absolute Gasteiger partial charge is 0.461 e. The Labute approximate surface area is 104 Å². The van der Waals surface area contributed by atoms with Crippen molar-refractivity contribution in [1.82, 2.24) is 14.8 Å². The molecule has 0 amide bonds. The van der Waals surface area contributed by atoms with E-state index in [2.05, 4.69) is 10.1 Å². The van der Waals surface area contributed by atoms with Gasteiger partial charge in [-0.05, 0) is 18.2 Å². The van der Waals surface area contributed by atoms with Gasteiger partial charge in [-0.15, -0.1) is 0 Å². The molecule has 0 aromatic carbocycles. The first-order valence-corrected chi connectivity index (χ1v) is 5.52. The van der Waals surface area contributed by atoms with Crippen LogP contribution in [0.5, 0.6) is 0 Å². The second-order valence-corrected chi connectivity index (χ2v) is 3.81. The summed E-state index contributed by atoms with van der Waals surface area (Å²) in [6.07, 6.45) is 3.76. The molecule has 2 heterocycles. The van der Waals surface area contributed by atoms with Gasteiger partial charge in [-0.25, -0.2) is 9.78 Å². The van der Waals surface area contributed by atoms with Crippen molar-refractivity contribution >= 4 is 11.7 Å². The number of pyridine rings is 1. The fourth-order valence-electron chi connectivity index (χ4n) is 1.49. The predicted molar refractivity (Wildman–Crippen MR) is 65.8 cm³/mol. The van der Waals surface area contributed by atoms with Crippen molar-refractivity contribution < 1.29 is 9.53 Å². The Morgan fingerprint density at radius 2 is 2.28 bits per heavy atom. The number of anilines is 1. The first kappa shape index (κ1) is 12.1. The third-order valence-electron chi connectivity index (χ3n) is 2.51. The molecule has 0 atom stereocenters. The zero-order valence-corrected chi connectivity index (χ0v) is 10.0. The van der Waals surface area contributed by atoms with E-state index in [1.54, 1.807) is 23.0 Å². The molecule has 0 spiro atoms. The molecule has 94 valence electrons. The number of nitrogens with two attached hydrogens (primary N) is 1. The fourth-order valence-corrected chi connectivity index (χ4v) is 1.49. The lowest BCUT2D eigenvalue weighted by molar-refractivity contribution is 0.0500. The smallest absolute Gasteiger partial charge is 0.356 e. The number of carbonyl (C=O) groups is 1. The van der Waals surface area contributed by atoms with Gasteiger partial charge in [-0.3, -0.25) is 4.68 Å². The maximum atomic E-state index is 11.6. The molecule has 6 heteroatoms. The van der Waals surface area contributed by atoms with E-state index in [1.165, 1.54) is 6.20 Å². The highest BCUT2D eigenvalue weighted by atomic mass is 16.5. The summed E-state index contributed by atoms with van der Waals surface area (Å²) in [7, 11) is 1.85. The lowest BCUT2D eigenvalue weighted by atomic mass is 10.3. The molecule has 6 nitrogen and oxygen atoms in total. The summed E-state index contributed by atoms with van der Waals surface area (Å²) in [6, 6.07) is 5.04. The van der Waals surface area contributed by atoms with Crippen LogP contribution >= 0.6 is 0 Å². The van der Waals surface area contributed by atoms with Crippen LogP contribution in [0.15, 0.2) is 30.6 Å². The van der Waals surface area contributed by atoms with Crippen LogP contribution in [0, 0.1) is 0 Å². The summed E-state index contributed by atoms with van der Waals surface area (Å²) in [6.45, 7) is 0.296. The third-order valence-corrected chi connectivity index (χ3v) is 2.51. The number of aromatic nitrogens is 3. The molecule has 0 bridgehead atoms. The molecule has 2 N–H and O–H groups in total. The minimum atomic E-state index is -0.447. The van der Waals surface area contributed by atoms with Crippen molar-refractivity contribution in [3.05, 3.63) is 42.0 Å². The molecule has 2 rings (SSSR count). The molecule has 0 aliphatic carbocycles. The van der Waals surface area contributed by atoms with Crippen LogP contribution < -0.4 is 5.73 Å². The Balaban J connectivity index is 1.85. The van der Waals surface area contributed by atoms with Gasteiger partial charge < -0.3 is 10.5 Å². The number of carbonyl (C=O) groups excluding carboxylic acids is 1. The van der Waals surface area contributed by atoms with Gasteiger partial charge in [0.05, 0.1) is 18.5 Å². The molecule has 0 fully saturated rings. The molecule has 2 aromatic heterocycles. The Morgan fingerprint density at radius 1 is 1.44 bits per heavy atom. The molecular weight excluding hydrogens is 232 g/mol. The highest BCUT2D eigenvalue weighted by molar-refractivity contribution is 5.87. The maximum Gasteiger partial charge on any atom is 0.356 e. The molecule has 18 heavy (non-hydrogen) atoms. The minimum Gasteiger partial charge on any atom is -0.461 e. The van der Waals surface area contributed by atoms with E-state index in [4.69, 9.17) is 10.5 Å². The zero-order chi connectivity index (χ0) is 13.0. The van der Waals surface area contributed by atoms with E-state index in [0.717, 1.165) is 5.69 Å².